The Morgan fingerprint density at radius 3 is 1.98 bits per heavy atom. The molecular weight excluding hydrogens is 592 g/mol. The lowest BCUT2D eigenvalue weighted by Crippen LogP contribution is -2.48. The Kier molecular flexibility index (Phi) is 8.27. The van der Waals surface area contributed by atoms with Gasteiger partial charge in [0.15, 0.2) is 29.4 Å². The molecule has 0 spiro atoms. The first-order chi connectivity index (χ1) is 22.2. The molecule has 1 saturated heterocycles. The molecule has 3 aromatic carbocycles. The van der Waals surface area contributed by atoms with E-state index in [0.717, 1.165) is 0 Å². The Labute approximate surface area is 261 Å². The topological polar surface area (TPSA) is 163 Å². The van der Waals surface area contributed by atoms with Crippen molar-refractivity contribution in [2.45, 2.75) is 31.0 Å². The van der Waals surface area contributed by atoms with Gasteiger partial charge in [0, 0.05) is 12.3 Å². The largest absolute Gasteiger partial charge is 0.459 e. The zero-order valence-corrected chi connectivity index (χ0v) is 24.5. The van der Waals surface area contributed by atoms with E-state index in [0.29, 0.717) is 5.56 Å². The molecular formula is C34H28N4O8. The number of hydrogen-bond acceptors (Lipinski definition) is 10. The quantitative estimate of drug-likeness (QED) is 0.194. The zero-order valence-electron chi connectivity index (χ0n) is 24.5. The summed E-state index contributed by atoms with van der Waals surface area (Å²) in [5, 5.41) is 8.21. The molecule has 0 radical (unpaired) electrons. The van der Waals surface area contributed by atoms with Crippen LogP contribution in [-0.4, -0.2) is 56.9 Å². The van der Waals surface area contributed by atoms with Crippen molar-refractivity contribution in [3.8, 4) is 0 Å². The number of ether oxygens (including phenoxy) is 4. The summed E-state index contributed by atoms with van der Waals surface area (Å²) < 4.78 is 25.7. The number of H-pyrrole nitrogens is 1. The minimum Gasteiger partial charge on any atom is -0.459 e. The summed E-state index contributed by atoms with van der Waals surface area (Å²) in [6.45, 7) is 1.15. The molecule has 2 aromatic heterocycles. The smallest absolute Gasteiger partial charge is 0.338 e. The molecule has 0 bridgehead atoms. The molecule has 6 rings (SSSR count). The van der Waals surface area contributed by atoms with Crippen molar-refractivity contribution in [3.63, 3.8) is 0 Å². The van der Waals surface area contributed by atoms with Gasteiger partial charge in [-0.15, -0.1) is 0 Å². The summed E-state index contributed by atoms with van der Waals surface area (Å²) in [5.74, 6) is -2.13. The van der Waals surface area contributed by atoms with Gasteiger partial charge in [0.1, 0.15) is 29.6 Å². The summed E-state index contributed by atoms with van der Waals surface area (Å²) in [6, 6.07) is 26.0. The van der Waals surface area contributed by atoms with Gasteiger partial charge < -0.3 is 23.9 Å². The zero-order chi connectivity index (χ0) is 32.3. The standard InChI is InChI=1S/C34H28N4O8/c1-34(19-43-31(40)21-11-5-2-6-12-21)27(45-33(42)23-15-9-4-10-16-23)26(44-32(41)22-13-7-3-8-14-22)30(46-34)38-20-37-28(35)25-24(39)17-18-36-29(25)38/h2-18,20,26-27,30,35H,19H2,1H3,(H,36,39)/t26-,27+,30-,34-/m1/s1. The summed E-state index contributed by atoms with van der Waals surface area (Å²) in [6.07, 6.45) is -1.30. The molecule has 2 N–H and O–H groups in total. The lowest BCUT2D eigenvalue weighted by molar-refractivity contribution is -0.121. The van der Waals surface area contributed by atoms with Crippen LogP contribution in [0.5, 0.6) is 0 Å². The number of nitrogens with zero attached hydrogens (tertiary/aromatic N) is 2. The third kappa shape index (κ3) is 5.93. The number of pyridine rings is 1. The fourth-order valence-electron chi connectivity index (χ4n) is 5.28. The molecule has 0 aliphatic carbocycles. The van der Waals surface area contributed by atoms with E-state index >= 15 is 0 Å². The number of fused-ring (bicyclic) bond motifs is 1. The van der Waals surface area contributed by atoms with Gasteiger partial charge in [-0.05, 0) is 43.3 Å². The first-order valence-electron chi connectivity index (χ1n) is 14.3. The summed E-state index contributed by atoms with van der Waals surface area (Å²) in [4.78, 5) is 59.8. The third-order valence-corrected chi connectivity index (χ3v) is 7.59. The van der Waals surface area contributed by atoms with Gasteiger partial charge in [0.2, 0.25) is 0 Å². The first-order valence-corrected chi connectivity index (χ1v) is 14.3. The van der Waals surface area contributed by atoms with E-state index < -0.39 is 54.0 Å². The van der Waals surface area contributed by atoms with Gasteiger partial charge in [-0.2, -0.15) is 0 Å². The van der Waals surface area contributed by atoms with Crippen LogP contribution in [0.1, 0.15) is 44.2 Å². The maximum atomic E-state index is 13.5. The number of aromatic amines is 1. The highest BCUT2D eigenvalue weighted by Crippen LogP contribution is 2.42. The fraction of sp³-hybridized carbons (Fsp3) is 0.176. The number of rotatable bonds is 8. The van der Waals surface area contributed by atoms with E-state index in [4.69, 9.17) is 24.4 Å². The molecule has 4 atom stereocenters. The second-order valence-electron chi connectivity index (χ2n) is 10.8. The average Bonchev–Trinajstić information content (AvgIpc) is 3.35. The molecule has 3 heterocycles. The van der Waals surface area contributed by atoms with Crippen LogP contribution in [0.4, 0.5) is 0 Å². The van der Waals surface area contributed by atoms with Gasteiger partial charge in [0.25, 0.3) is 0 Å². The number of aromatic nitrogens is 3. The van der Waals surface area contributed by atoms with E-state index in [2.05, 4.69) is 9.97 Å². The SMILES string of the molecule is C[C@]1(COC(=O)c2ccccc2)O[C@@H](n2cnc(=N)c3c(=O)cc[nH]c32)[C@H](OC(=O)c2ccccc2)[C@@H]1OC(=O)c1ccccc1. The Bertz CT molecular complexity index is 2000. The number of carbonyl (C=O) groups is 3. The van der Waals surface area contributed by atoms with E-state index in [-0.39, 0.29) is 27.6 Å². The molecule has 46 heavy (non-hydrogen) atoms. The van der Waals surface area contributed by atoms with E-state index in [9.17, 15) is 19.2 Å². The molecule has 1 aliphatic rings. The van der Waals surface area contributed by atoms with Gasteiger partial charge in [-0.25, -0.2) is 19.4 Å². The number of hydrogen-bond donors (Lipinski definition) is 2. The van der Waals surface area contributed by atoms with Crippen LogP contribution >= 0.6 is 0 Å². The molecule has 1 fully saturated rings. The Morgan fingerprint density at radius 1 is 0.848 bits per heavy atom. The van der Waals surface area contributed by atoms with Crippen molar-refractivity contribution >= 4 is 28.9 Å². The normalized spacial score (nSPS) is 20.6. The first kappa shape index (κ1) is 30.2. The molecule has 12 nitrogen and oxygen atoms in total. The van der Waals surface area contributed by atoms with Crippen molar-refractivity contribution in [3.05, 3.63) is 142 Å². The van der Waals surface area contributed by atoms with Crippen molar-refractivity contribution in [1.29, 1.82) is 5.41 Å². The highest BCUT2D eigenvalue weighted by atomic mass is 16.7. The summed E-state index contributed by atoms with van der Waals surface area (Å²) in [5.41, 5.74) is -1.45. The van der Waals surface area contributed by atoms with Crippen molar-refractivity contribution in [2.75, 3.05) is 6.61 Å². The lowest BCUT2D eigenvalue weighted by atomic mass is 9.97. The van der Waals surface area contributed by atoms with E-state index in [1.54, 1.807) is 97.9 Å². The minimum absolute atomic E-state index is 0.0383. The number of esters is 3. The third-order valence-electron chi connectivity index (χ3n) is 7.59. The van der Waals surface area contributed by atoms with Crippen molar-refractivity contribution < 1.29 is 33.3 Å². The lowest BCUT2D eigenvalue weighted by Gasteiger charge is -2.30. The second kappa shape index (κ2) is 12.6. The van der Waals surface area contributed by atoms with Crippen LogP contribution in [0.3, 0.4) is 0 Å². The molecule has 232 valence electrons. The van der Waals surface area contributed by atoms with Gasteiger partial charge >= 0.3 is 17.9 Å². The van der Waals surface area contributed by atoms with Gasteiger partial charge in [0.05, 0.1) is 16.7 Å². The van der Waals surface area contributed by atoms with Gasteiger partial charge in [-0.1, -0.05) is 54.6 Å². The summed E-state index contributed by atoms with van der Waals surface area (Å²) >= 11 is 0. The van der Waals surface area contributed by atoms with Crippen LogP contribution in [0, 0.1) is 5.41 Å². The molecule has 0 unspecified atom stereocenters. The number of nitrogens with one attached hydrogen (secondary N) is 2. The molecule has 12 heteroatoms. The minimum atomic E-state index is -1.59. The Balaban J connectivity index is 1.45. The molecule has 0 saturated carbocycles. The molecule has 5 aromatic rings. The number of benzene rings is 3. The van der Waals surface area contributed by atoms with Crippen LogP contribution < -0.4 is 10.9 Å². The molecule has 1 aliphatic heterocycles. The van der Waals surface area contributed by atoms with Crippen molar-refractivity contribution in [2.24, 2.45) is 0 Å². The maximum Gasteiger partial charge on any atom is 0.338 e. The van der Waals surface area contributed by atoms with Gasteiger partial charge in [-0.3, -0.25) is 14.8 Å². The average molecular weight is 621 g/mol. The predicted octanol–water partition coefficient (Wildman–Crippen LogP) is 3.80. The highest BCUT2D eigenvalue weighted by Gasteiger charge is 2.58. The fourth-order valence-corrected chi connectivity index (χ4v) is 5.28. The van der Waals surface area contributed by atoms with E-state index in [1.165, 1.54) is 23.2 Å². The summed E-state index contributed by atoms with van der Waals surface area (Å²) in [7, 11) is 0. The van der Waals surface area contributed by atoms with Crippen LogP contribution in [0.15, 0.2) is 114 Å². The Hall–Kier alpha value is -5.88. The van der Waals surface area contributed by atoms with Crippen LogP contribution in [0.2, 0.25) is 0 Å². The van der Waals surface area contributed by atoms with Crippen molar-refractivity contribution in [1.82, 2.24) is 14.5 Å². The molecule has 0 amide bonds. The predicted molar refractivity (Wildman–Crippen MR) is 163 cm³/mol. The highest BCUT2D eigenvalue weighted by molar-refractivity contribution is 5.91. The monoisotopic (exact) mass is 620 g/mol. The second-order valence-corrected chi connectivity index (χ2v) is 10.8. The van der Waals surface area contributed by atoms with E-state index in [1.807, 2.05) is 0 Å². The Morgan fingerprint density at radius 2 is 1.39 bits per heavy atom. The van der Waals surface area contributed by atoms with Crippen LogP contribution in [-0.2, 0) is 18.9 Å². The van der Waals surface area contributed by atoms with Crippen LogP contribution in [0.25, 0.3) is 11.0 Å². The maximum absolute atomic E-state index is 13.5. The number of carbonyl (C=O) groups excluding carboxylic acids is 3.